The third-order valence-corrected chi connectivity index (χ3v) is 3.42. The van der Waals surface area contributed by atoms with Crippen LogP contribution in [-0.4, -0.2) is 4.92 Å². The molecule has 2 aromatic carbocycles. The zero-order valence-electron chi connectivity index (χ0n) is 12.6. The lowest BCUT2D eigenvalue weighted by atomic mass is 10.0. The molecule has 0 saturated carbocycles. The molecule has 1 N–H and O–H groups in total. The van der Waals surface area contributed by atoms with Crippen molar-refractivity contribution in [2.24, 2.45) is 0 Å². The van der Waals surface area contributed by atoms with Gasteiger partial charge in [-0.05, 0) is 35.6 Å². The Hall–Kier alpha value is -2.36. The van der Waals surface area contributed by atoms with Gasteiger partial charge in [0.2, 0.25) is 0 Å². The maximum Gasteiger partial charge on any atom is 0.271 e. The van der Waals surface area contributed by atoms with Crippen molar-refractivity contribution in [2.75, 3.05) is 5.32 Å². The van der Waals surface area contributed by atoms with Crippen LogP contribution >= 0.6 is 0 Å². The van der Waals surface area contributed by atoms with Gasteiger partial charge in [0.25, 0.3) is 5.69 Å². The summed E-state index contributed by atoms with van der Waals surface area (Å²) in [5.41, 5.74) is 4.23. The molecule has 0 aliphatic heterocycles. The van der Waals surface area contributed by atoms with Crippen LogP contribution in [0.25, 0.3) is 0 Å². The molecule has 0 radical (unpaired) electrons. The van der Waals surface area contributed by atoms with Crippen molar-refractivity contribution in [2.45, 2.75) is 33.2 Å². The Kier molecular flexibility index (Phi) is 4.58. The van der Waals surface area contributed by atoms with E-state index < -0.39 is 0 Å². The van der Waals surface area contributed by atoms with Crippen LogP contribution in [-0.2, 0) is 6.54 Å². The minimum Gasteiger partial charge on any atom is -0.381 e. The van der Waals surface area contributed by atoms with E-state index >= 15 is 0 Å². The van der Waals surface area contributed by atoms with Crippen LogP contribution in [0.5, 0.6) is 0 Å². The standard InChI is InChI=1S/C17H20N2O2/c1-12(2)15-6-4-14(5-7-15)11-18-16-8-13(3)9-17(10-16)19(20)21/h4-10,12,18H,11H2,1-3H3. The lowest BCUT2D eigenvalue weighted by molar-refractivity contribution is -0.384. The Bertz CT molecular complexity index is 634. The molecule has 0 amide bonds. The highest BCUT2D eigenvalue weighted by Crippen LogP contribution is 2.21. The average molecular weight is 284 g/mol. The van der Waals surface area contributed by atoms with Crippen molar-refractivity contribution in [3.05, 3.63) is 69.3 Å². The molecule has 4 nitrogen and oxygen atoms in total. The Morgan fingerprint density at radius 1 is 1.14 bits per heavy atom. The highest BCUT2D eigenvalue weighted by molar-refractivity contribution is 5.54. The smallest absolute Gasteiger partial charge is 0.271 e. The summed E-state index contributed by atoms with van der Waals surface area (Å²) in [6.07, 6.45) is 0. The van der Waals surface area contributed by atoms with Crippen molar-refractivity contribution in [1.82, 2.24) is 0 Å². The lowest BCUT2D eigenvalue weighted by Gasteiger charge is -2.09. The maximum atomic E-state index is 10.9. The van der Waals surface area contributed by atoms with Crippen molar-refractivity contribution < 1.29 is 4.92 Å². The van der Waals surface area contributed by atoms with E-state index in [4.69, 9.17) is 0 Å². The fourth-order valence-electron chi connectivity index (χ4n) is 2.19. The number of nitrogens with zero attached hydrogens (tertiary/aromatic N) is 1. The van der Waals surface area contributed by atoms with Crippen LogP contribution < -0.4 is 5.32 Å². The topological polar surface area (TPSA) is 55.2 Å². The Labute approximate surface area is 125 Å². The SMILES string of the molecule is Cc1cc(NCc2ccc(C(C)C)cc2)cc([N+](=O)[O-])c1. The molecule has 21 heavy (non-hydrogen) atoms. The number of nitro benzene ring substituents is 1. The number of anilines is 1. The number of benzene rings is 2. The van der Waals surface area contributed by atoms with Crippen LogP contribution in [0.2, 0.25) is 0 Å². The number of rotatable bonds is 5. The Balaban J connectivity index is 2.07. The predicted molar refractivity (Wildman–Crippen MR) is 85.7 cm³/mol. The molecular formula is C17H20N2O2. The Morgan fingerprint density at radius 3 is 2.38 bits per heavy atom. The molecule has 4 heteroatoms. The van der Waals surface area contributed by atoms with E-state index in [1.54, 1.807) is 12.1 Å². The fraction of sp³-hybridized carbons (Fsp3) is 0.294. The van der Waals surface area contributed by atoms with E-state index in [1.807, 2.05) is 13.0 Å². The molecular weight excluding hydrogens is 264 g/mol. The first kappa shape index (κ1) is 15.0. The molecule has 0 unspecified atom stereocenters. The molecule has 2 rings (SSSR count). The fourth-order valence-corrected chi connectivity index (χ4v) is 2.19. The molecule has 0 aliphatic rings. The van der Waals surface area contributed by atoms with Crippen molar-refractivity contribution in [1.29, 1.82) is 0 Å². The largest absolute Gasteiger partial charge is 0.381 e. The highest BCUT2D eigenvalue weighted by atomic mass is 16.6. The second-order valence-electron chi connectivity index (χ2n) is 5.56. The summed E-state index contributed by atoms with van der Waals surface area (Å²) in [7, 11) is 0. The summed E-state index contributed by atoms with van der Waals surface area (Å²) >= 11 is 0. The second kappa shape index (κ2) is 6.39. The molecule has 0 aliphatic carbocycles. The van der Waals surface area contributed by atoms with Crippen molar-refractivity contribution >= 4 is 11.4 Å². The van der Waals surface area contributed by atoms with Crippen LogP contribution in [0.1, 0.15) is 36.5 Å². The van der Waals surface area contributed by atoms with E-state index in [0.29, 0.717) is 12.5 Å². The quantitative estimate of drug-likeness (QED) is 0.643. The second-order valence-corrected chi connectivity index (χ2v) is 5.56. The number of nitro groups is 1. The first-order valence-corrected chi connectivity index (χ1v) is 7.04. The van der Waals surface area contributed by atoms with Gasteiger partial charge in [0.05, 0.1) is 4.92 Å². The summed E-state index contributed by atoms with van der Waals surface area (Å²) in [4.78, 5) is 10.5. The normalized spacial score (nSPS) is 10.7. The molecule has 0 heterocycles. The van der Waals surface area contributed by atoms with Crippen LogP contribution in [0.4, 0.5) is 11.4 Å². The van der Waals surface area contributed by atoms with E-state index in [2.05, 4.69) is 43.4 Å². The van der Waals surface area contributed by atoms with Gasteiger partial charge in [-0.2, -0.15) is 0 Å². The monoisotopic (exact) mass is 284 g/mol. The summed E-state index contributed by atoms with van der Waals surface area (Å²) in [5, 5.41) is 14.1. The van der Waals surface area contributed by atoms with Gasteiger partial charge in [-0.3, -0.25) is 10.1 Å². The first-order valence-electron chi connectivity index (χ1n) is 7.04. The maximum absolute atomic E-state index is 10.9. The molecule has 0 spiro atoms. The average Bonchev–Trinajstić information content (AvgIpc) is 2.45. The van der Waals surface area contributed by atoms with Crippen LogP contribution in [0, 0.1) is 17.0 Å². The van der Waals surface area contributed by atoms with Gasteiger partial charge in [-0.1, -0.05) is 38.1 Å². The van der Waals surface area contributed by atoms with Gasteiger partial charge in [0.1, 0.15) is 0 Å². The van der Waals surface area contributed by atoms with Gasteiger partial charge in [-0.15, -0.1) is 0 Å². The number of nitrogens with one attached hydrogen (secondary N) is 1. The van der Waals surface area contributed by atoms with Crippen LogP contribution in [0.15, 0.2) is 42.5 Å². The molecule has 0 atom stereocenters. The number of hydrogen-bond acceptors (Lipinski definition) is 3. The molecule has 0 fully saturated rings. The molecule has 110 valence electrons. The van der Waals surface area contributed by atoms with Crippen LogP contribution in [0.3, 0.4) is 0 Å². The molecule has 0 saturated heterocycles. The van der Waals surface area contributed by atoms with Gasteiger partial charge in [-0.25, -0.2) is 0 Å². The number of non-ortho nitro benzene ring substituents is 1. The van der Waals surface area contributed by atoms with Gasteiger partial charge >= 0.3 is 0 Å². The zero-order chi connectivity index (χ0) is 15.4. The summed E-state index contributed by atoms with van der Waals surface area (Å²) in [6, 6.07) is 13.5. The third kappa shape index (κ3) is 4.05. The minimum atomic E-state index is -0.365. The van der Waals surface area contributed by atoms with E-state index in [-0.39, 0.29) is 10.6 Å². The Morgan fingerprint density at radius 2 is 1.81 bits per heavy atom. The highest BCUT2D eigenvalue weighted by Gasteiger charge is 2.07. The molecule has 0 bridgehead atoms. The lowest BCUT2D eigenvalue weighted by Crippen LogP contribution is -2.01. The summed E-state index contributed by atoms with van der Waals surface area (Å²) in [6.45, 7) is 6.84. The van der Waals surface area contributed by atoms with Gasteiger partial charge in [0.15, 0.2) is 0 Å². The van der Waals surface area contributed by atoms with Crippen molar-refractivity contribution in [3.63, 3.8) is 0 Å². The first-order chi connectivity index (χ1) is 9.95. The van der Waals surface area contributed by atoms with Gasteiger partial charge in [0, 0.05) is 24.4 Å². The number of hydrogen-bond donors (Lipinski definition) is 1. The molecule has 2 aromatic rings. The minimum absolute atomic E-state index is 0.118. The summed E-state index contributed by atoms with van der Waals surface area (Å²) in [5.74, 6) is 0.520. The van der Waals surface area contributed by atoms with E-state index in [9.17, 15) is 10.1 Å². The summed E-state index contributed by atoms with van der Waals surface area (Å²) < 4.78 is 0. The third-order valence-electron chi connectivity index (χ3n) is 3.42. The molecule has 0 aromatic heterocycles. The van der Waals surface area contributed by atoms with E-state index in [1.165, 1.54) is 5.56 Å². The predicted octanol–water partition coefficient (Wildman–Crippen LogP) is 4.64. The van der Waals surface area contributed by atoms with E-state index in [0.717, 1.165) is 16.8 Å². The zero-order valence-corrected chi connectivity index (χ0v) is 12.6. The number of aryl methyl sites for hydroxylation is 1. The van der Waals surface area contributed by atoms with Gasteiger partial charge < -0.3 is 5.32 Å². The van der Waals surface area contributed by atoms with Crippen molar-refractivity contribution in [3.8, 4) is 0 Å².